The molecule has 102 valence electrons. The Morgan fingerprint density at radius 3 is 2.39 bits per heavy atom. The second-order valence-corrected chi connectivity index (χ2v) is 6.69. The Hall–Kier alpha value is -1.01. The van der Waals surface area contributed by atoms with Crippen LogP contribution in [0, 0.1) is 6.92 Å². The minimum absolute atomic E-state index is 0.00367. The van der Waals surface area contributed by atoms with Gasteiger partial charge >= 0.3 is 0 Å². The van der Waals surface area contributed by atoms with Crippen LogP contribution in [-0.4, -0.2) is 31.8 Å². The molecule has 1 rings (SSSR count). The summed E-state index contributed by atoms with van der Waals surface area (Å²) in [5, 5.41) is 0. The lowest BCUT2D eigenvalue weighted by Crippen LogP contribution is -2.36. The Balaban J connectivity index is 3.17. The van der Waals surface area contributed by atoms with Crippen molar-refractivity contribution in [2.24, 2.45) is 0 Å². The van der Waals surface area contributed by atoms with Crippen LogP contribution in [0.3, 0.4) is 0 Å². The van der Waals surface area contributed by atoms with Crippen LogP contribution >= 0.6 is 10.7 Å². The molecule has 0 aliphatic heterocycles. The van der Waals surface area contributed by atoms with Gasteiger partial charge in [-0.25, -0.2) is 8.42 Å². The van der Waals surface area contributed by atoms with Gasteiger partial charge in [-0.3, -0.25) is 4.79 Å². The fourth-order valence-corrected chi connectivity index (χ4v) is 2.79. The zero-order valence-corrected chi connectivity index (χ0v) is 12.3. The molecule has 0 saturated heterocycles. The van der Waals surface area contributed by atoms with E-state index in [1.54, 1.807) is 4.90 Å². The van der Waals surface area contributed by atoms with Gasteiger partial charge < -0.3 is 9.32 Å². The number of aryl methyl sites for hydroxylation is 1. The van der Waals surface area contributed by atoms with E-state index in [0.29, 0.717) is 6.54 Å². The number of carbonyl (C=O) groups excluding carboxylic acids is 1. The highest BCUT2D eigenvalue weighted by Gasteiger charge is 2.25. The molecular formula is C11H16ClNO4S. The van der Waals surface area contributed by atoms with Crippen LogP contribution in [-0.2, 0) is 9.05 Å². The molecule has 0 aliphatic carbocycles. The van der Waals surface area contributed by atoms with Crippen LogP contribution in [0.1, 0.15) is 37.1 Å². The molecule has 18 heavy (non-hydrogen) atoms. The Kier molecular flexibility index (Phi) is 4.45. The van der Waals surface area contributed by atoms with Crippen molar-refractivity contribution in [2.75, 3.05) is 6.54 Å². The highest BCUT2D eigenvalue weighted by atomic mass is 35.7. The molecule has 0 N–H and O–H groups in total. The summed E-state index contributed by atoms with van der Waals surface area (Å²) in [7, 11) is 1.35. The van der Waals surface area contributed by atoms with Crippen LogP contribution in [0.25, 0.3) is 0 Å². The van der Waals surface area contributed by atoms with Crippen molar-refractivity contribution in [2.45, 2.75) is 38.6 Å². The maximum absolute atomic E-state index is 12.1. The number of hydrogen-bond donors (Lipinski definition) is 0. The van der Waals surface area contributed by atoms with E-state index < -0.39 is 9.05 Å². The van der Waals surface area contributed by atoms with Crippen LogP contribution < -0.4 is 0 Å². The van der Waals surface area contributed by atoms with Crippen LogP contribution in [0.4, 0.5) is 0 Å². The Labute approximate surface area is 111 Å². The van der Waals surface area contributed by atoms with Crippen molar-refractivity contribution in [3.63, 3.8) is 0 Å². The van der Waals surface area contributed by atoms with Gasteiger partial charge in [-0.1, -0.05) is 0 Å². The summed E-state index contributed by atoms with van der Waals surface area (Å²) in [6, 6.07) is 1.18. The topological polar surface area (TPSA) is 67.6 Å². The van der Waals surface area contributed by atoms with E-state index in [1.807, 2.05) is 20.8 Å². The molecular weight excluding hydrogens is 278 g/mol. The van der Waals surface area contributed by atoms with Gasteiger partial charge in [0.15, 0.2) is 5.76 Å². The summed E-state index contributed by atoms with van der Waals surface area (Å²) in [6.45, 7) is 7.55. The SMILES string of the molecule is CCN(C(=O)c1cc(S(=O)(=O)Cl)c(C)o1)C(C)C. The van der Waals surface area contributed by atoms with Crippen LogP contribution in [0.15, 0.2) is 15.4 Å². The van der Waals surface area contributed by atoms with Gasteiger partial charge in [0.25, 0.3) is 15.0 Å². The lowest BCUT2D eigenvalue weighted by molar-refractivity contribution is 0.0683. The molecule has 7 heteroatoms. The molecule has 0 aliphatic rings. The average molecular weight is 294 g/mol. The zero-order valence-electron chi connectivity index (χ0n) is 10.7. The van der Waals surface area contributed by atoms with Crippen LogP contribution in [0.5, 0.6) is 0 Å². The summed E-state index contributed by atoms with van der Waals surface area (Å²) in [5.41, 5.74) is 0. The van der Waals surface area contributed by atoms with E-state index in [2.05, 4.69) is 0 Å². The lowest BCUT2D eigenvalue weighted by atomic mass is 10.3. The third kappa shape index (κ3) is 3.05. The summed E-state index contributed by atoms with van der Waals surface area (Å²) in [4.78, 5) is 13.5. The summed E-state index contributed by atoms with van der Waals surface area (Å²) >= 11 is 0. The summed E-state index contributed by atoms with van der Waals surface area (Å²) in [6.07, 6.45) is 0. The van der Waals surface area contributed by atoms with E-state index in [0.717, 1.165) is 0 Å². The van der Waals surface area contributed by atoms with E-state index >= 15 is 0 Å². The normalized spacial score (nSPS) is 11.9. The summed E-state index contributed by atoms with van der Waals surface area (Å²) < 4.78 is 27.7. The molecule has 0 bridgehead atoms. The molecule has 5 nitrogen and oxygen atoms in total. The fourth-order valence-electron chi connectivity index (χ4n) is 1.70. The van der Waals surface area contributed by atoms with E-state index in [4.69, 9.17) is 15.1 Å². The highest BCUT2D eigenvalue weighted by molar-refractivity contribution is 8.13. The first kappa shape index (κ1) is 15.0. The lowest BCUT2D eigenvalue weighted by Gasteiger charge is -2.23. The molecule has 0 fully saturated rings. The van der Waals surface area contributed by atoms with E-state index in [-0.39, 0.29) is 28.4 Å². The van der Waals surface area contributed by atoms with Gasteiger partial charge in [0.05, 0.1) is 0 Å². The van der Waals surface area contributed by atoms with Crippen molar-refractivity contribution < 1.29 is 17.6 Å². The van der Waals surface area contributed by atoms with Gasteiger partial charge in [0.1, 0.15) is 10.7 Å². The number of carbonyl (C=O) groups is 1. The van der Waals surface area contributed by atoms with Crippen molar-refractivity contribution >= 4 is 25.6 Å². The van der Waals surface area contributed by atoms with Gasteiger partial charge in [0, 0.05) is 29.3 Å². The molecule has 0 unspecified atom stereocenters. The second-order valence-electron chi connectivity index (χ2n) is 4.15. The number of furan rings is 1. The Bertz CT molecular complexity index is 547. The molecule has 1 amide bonds. The zero-order chi connectivity index (χ0) is 14.1. The van der Waals surface area contributed by atoms with Crippen molar-refractivity contribution in [3.05, 3.63) is 17.6 Å². The number of hydrogen-bond acceptors (Lipinski definition) is 4. The van der Waals surface area contributed by atoms with Gasteiger partial charge in [0.2, 0.25) is 0 Å². The minimum atomic E-state index is -3.89. The number of nitrogens with zero attached hydrogens (tertiary/aromatic N) is 1. The molecule has 0 saturated carbocycles. The molecule has 1 aromatic heterocycles. The maximum atomic E-state index is 12.1. The van der Waals surface area contributed by atoms with Gasteiger partial charge in [-0.15, -0.1) is 0 Å². The predicted molar refractivity (Wildman–Crippen MR) is 68.3 cm³/mol. The monoisotopic (exact) mass is 293 g/mol. The van der Waals surface area contributed by atoms with E-state index in [9.17, 15) is 13.2 Å². The number of amides is 1. The van der Waals surface area contributed by atoms with Crippen molar-refractivity contribution in [1.29, 1.82) is 0 Å². The maximum Gasteiger partial charge on any atom is 0.289 e. The average Bonchev–Trinajstić information content (AvgIpc) is 2.60. The number of rotatable bonds is 4. The quantitative estimate of drug-likeness (QED) is 0.799. The molecule has 1 aromatic rings. The Morgan fingerprint density at radius 1 is 1.50 bits per heavy atom. The molecule has 0 aromatic carbocycles. The highest BCUT2D eigenvalue weighted by Crippen LogP contribution is 2.24. The smallest absolute Gasteiger partial charge is 0.289 e. The minimum Gasteiger partial charge on any atom is -0.455 e. The van der Waals surface area contributed by atoms with E-state index in [1.165, 1.54) is 13.0 Å². The molecule has 0 spiro atoms. The first-order valence-electron chi connectivity index (χ1n) is 5.54. The number of halogens is 1. The standard InChI is InChI=1S/C11H16ClNO4S/c1-5-13(7(2)3)11(14)9-6-10(8(4)17-9)18(12,15)16/h6-7H,5H2,1-4H3. The molecule has 1 heterocycles. The second kappa shape index (κ2) is 5.32. The van der Waals surface area contributed by atoms with Crippen molar-refractivity contribution in [1.82, 2.24) is 4.90 Å². The summed E-state index contributed by atoms with van der Waals surface area (Å²) in [5.74, 6) is -0.238. The Morgan fingerprint density at radius 2 is 2.06 bits per heavy atom. The van der Waals surface area contributed by atoms with Crippen LogP contribution in [0.2, 0.25) is 0 Å². The van der Waals surface area contributed by atoms with Gasteiger partial charge in [-0.2, -0.15) is 0 Å². The fraction of sp³-hybridized carbons (Fsp3) is 0.545. The predicted octanol–water partition coefficient (Wildman–Crippen LogP) is 2.39. The first-order chi connectivity index (χ1) is 8.18. The largest absolute Gasteiger partial charge is 0.455 e. The third-order valence-corrected chi connectivity index (χ3v) is 4.00. The van der Waals surface area contributed by atoms with Crippen molar-refractivity contribution in [3.8, 4) is 0 Å². The third-order valence-electron chi connectivity index (χ3n) is 2.57. The molecule has 0 radical (unpaired) electrons. The first-order valence-corrected chi connectivity index (χ1v) is 7.85. The van der Waals surface area contributed by atoms with Gasteiger partial charge in [-0.05, 0) is 27.7 Å². The molecule has 0 atom stereocenters.